The van der Waals surface area contributed by atoms with E-state index in [-0.39, 0.29) is 11.5 Å². The molecular formula is C18H16ClN3O5. The summed E-state index contributed by atoms with van der Waals surface area (Å²) in [4.78, 5) is 50.7. The van der Waals surface area contributed by atoms with Crippen molar-refractivity contribution in [3.63, 3.8) is 0 Å². The summed E-state index contributed by atoms with van der Waals surface area (Å²) in [7, 11) is 0. The lowest BCUT2D eigenvalue weighted by atomic mass is 10.1. The van der Waals surface area contributed by atoms with E-state index in [0.29, 0.717) is 16.3 Å². The first-order chi connectivity index (χ1) is 12.9. The molecule has 2 amide bonds. The molecule has 8 nitrogen and oxygen atoms in total. The molecule has 0 radical (unpaired) electrons. The van der Waals surface area contributed by atoms with Crippen LogP contribution in [0.1, 0.15) is 27.8 Å². The number of hydrogen-bond donors (Lipinski definition) is 2. The van der Waals surface area contributed by atoms with E-state index in [1.807, 2.05) is 0 Å². The number of nitrogens with zero attached hydrogens (tertiary/aromatic N) is 1. The van der Waals surface area contributed by atoms with Gasteiger partial charge in [0.05, 0.1) is 5.69 Å². The van der Waals surface area contributed by atoms with Crippen LogP contribution in [0.4, 0.5) is 5.69 Å². The minimum atomic E-state index is -0.805. The van der Waals surface area contributed by atoms with E-state index in [1.54, 1.807) is 24.3 Å². The number of nitrogens with one attached hydrogen (secondary N) is 2. The zero-order chi connectivity index (χ0) is 19.8. The summed E-state index contributed by atoms with van der Waals surface area (Å²) < 4.78 is 4.79. The molecule has 0 unspecified atom stereocenters. The molecule has 27 heavy (non-hydrogen) atoms. The molecule has 1 aromatic heterocycles. The van der Waals surface area contributed by atoms with Crippen LogP contribution in [0, 0.1) is 0 Å². The predicted octanol–water partition coefficient (Wildman–Crippen LogP) is 1.85. The monoisotopic (exact) mass is 389 g/mol. The van der Waals surface area contributed by atoms with E-state index in [0.717, 1.165) is 0 Å². The van der Waals surface area contributed by atoms with Crippen LogP contribution in [-0.2, 0) is 14.3 Å². The maximum Gasteiger partial charge on any atom is 0.325 e. The highest BCUT2D eigenvalue weighted by atomic mass is 35.5. The normalized spacial score (nSPS) is 10.0. The molecule has 0 atom stereocenters. The fourth-order valence-electron chi connectivity index (χ4n) is 2.05. The van der Waals surface area contributed by atoms with Gasteiger partial charge in [-0.3, -0.25) is 24.2 Å². The number of aromatic nitrogens is 1. The lowest BCUT2D eigenvalue weighted by Crippen LogP contribution is -2.32. The Morgan fingerprint density at radius 3 is 2.59 bits per heavy atom. The number of carbonyl (C=O) groups is 4. The van der Waals surface area contributed by atoms with Crippen LogP contribution in [0.5, 0.6) is 0 Å². The molecule has 0 aliphatic carbocycles. The van der Waals surface area contributed by atoms with Gasteiger partial charge in [-0.1, -0.05) is 23.7 Å². The first-order valence-electron chi connectivity index (χ1n) is 7.82. The van der Waals surface area contributed by atoms with Gasteiger partial charge in [-0.15, -0.1) is 0 Å². The van der Waals surface area contributed by atoms with E-state index < -0.39 is 30.9 Å². The van der Waals surface area contributed by atoms with Gasteiger partial charge in [0.25, 0.3) is 11.8 Å². The van der Waals surface area contributed by atoms with Gasteiger partial charge in [0.15, 0.2) is 12.4 Å². The summed E-state index contributed by atoms with van der Waals surface area (Å²) in [6, 6.07) is 9.33. The van der Waals surface area contributed by atoms with Crippen molar-refractivity contribution in [3.05, 3.63) is 58.9 Å². The highest BCUT2D eigenvalue weighted by molar-refractivity contribution is 6.30. The minimum absolute atomic E-state index is 0.0499. The number of carbonyl (C=O) groups excluding carboxylic acids is 4. The number of anilines is 1. The van der Waals surface area contributed by atoms with Crippen molar-refractivity contribution < 1.29 is 23.9 Å². The van der Waals surface area contributed by atoms with Crippen molar-refractivity contribution in [2.45, 2.75) is 6.92 Å². The average Bonchev–Trinajstić information content (AvgIpc) is 2.64. The Morgan fingerprint density at radius 1 is 1.15 bits per heavy atom. The van der Waals surface area contributed by atoms with Gasteiger partial charge < -0.3 is 15.4 Å². The molecule has 0 spiro atoms. The molecule has 0 saturated carbocycles. The molecule has 0 aliphatic rings. The zero-order valence-corrected chi connectivity index (χ0v) is 15.1. The largest absolute Gasteiger partial charge is 0.454 e. The van der Waals surface area contributed by atoms with Crippen LogP contribution in [0.15, 0.2) is 42.6 Å². The summed E-state index contributed by atoms with van der Waals surface area (Å²) in [5.41, 5.74) is 0.721. The van der Waals surface area contributed by atoms with Crippen LogP contribution in [-0.4, -0.2) is 41.7 Å². The number of pyridine rings is 1. The van der Waals surface area contributed by atoms with Crippen LogP contribution in [0.3, 0.4) is 0 Å². The summed E-state index contributed by atoms with van der Waals surface area (Å²) in [6.07, 6.45) is 1.36. The van der Waals surface area contributed by atoms with Gasteiger partial charge in [-0.2, -0.15) is 0 Å². The van der Waals surface area contributed by atoms with Gasteiger partial charge in [-0.25, -0.2) is 0 Å². The molecule has 2 aromatic rings. The molecule has 0 saturated heterocycles. The Morgan fingerprint density at radius 2 is 1.89 bits per heavy atom. The maximum absolute atomic E-state index is 11.9. The van der Waals surface area contributed by atoms with E-state index >= 15 is 0 Å². The van der Waals surface area contributed by atoms with Gasteiger partial charge in [-0.05, 0) is 31.2 Å². The summed E-state index contributed by atoms with van der Waals surface area (Å²) in [5, 5.41) is 5.14. The van der Waals surface area contributed by atoms with Crippen LogP contribution < -0.4 is 10.6 Å². The summed E-state index contributed by atoms with van der Waals surface area (Å²) in [5.74, 6) is -2.23. The number of amides is 2. The van der Waals surface area contributed by atoms with Crippen LogP contribution >= 0.6 is 11.6 Å². The second-order valence-corrected chi connectivity index (χ2v) is 5.79. The molecule has 9 heteroatoms. The quantitative estimate of drug-likeness (QED) is 0.551. The maximum atomic E-state index is 11.9. The van der Waals surface area contributed by atoms with Crippen molar-refractivity contribution in [1.29, 1.82) is 0 Å². The number of rotatable bonds is 7. The van der Waals surface area contributed by atoms with Crippen molar-refractivity contribution in [2.24, 2.45) is 0 Å². The SMILES string of the molecule is CC(=O)c1ccccc1NC(=O)COC(=O)CNC(=O)c1cc(Cl)ccn1. The van der Waals surface area contributed by atoms with Gasteiger partial charge in [0.1, 0.15) is 12.2 Å². The predicted molar refractivity (Wildman–Crippen MR) is 97.6 cm³/mol. The fourth-order valence-corrected chi connectivity index (χ4v) is 2.21. The zero-order valence-electron chi connectivity index (χ0n) is 14.3. The first kappa shape index (κ1) is 20.1. The Bertz CT molecular complexity index is 885. The number of halogens is 1. The number of para-hydroxylation sites is 1. The molecule has 140 valence electrons. The summed E-state index contributed by atoms with van der Waals surface area (Å²) in [6.45, 7) is 0.378. The van der Waals surface area contributed by atoms with Gasteiger partial charge in [0, 0.05) is 16.8 Å². The number of benzene rings is 1. The van der Waals surface area contributed by atoms with Crippen molar-refractivity contribution in [2.75, 3.05) is 18.5 Å². The molecule has 1 aromatic carbocycles. The van der Waals surface area contributed by atoms with E-state index in [1.165, 1.54) is 25.3 Å². The van der Waals surface area contributed by atoms with Gasteiger partial charge >= 0.3 is 5.97 Å². The molecule has 2 rings (SSSR count). The number of Topliss-reactive ketones (excluding diaryl/α,β-unsaturated/α-hetero) is 1. The third-order valence-electron chi connectivity index (χ3n) is 3.29. The Balaban J connectivity index is 1.79. The Kier molecular flexibility index (Phi) is 7.01. The minimum Gasteiger partial charge on any atom is -0.454 e. The summed E-state index contributed by atoms with van der Waals surface area (Å²) >= 11 is 5.76. The molecular weight excluding hydrogens is 374 g/mol. The number of hydrogen-bond acceptors (Lipinski definition) is 6. The smallest absolute Gasteiger partial charge is 0.325 e. The van der Waals surface area contributed by atoms with Crippen LogP contribution in [0.25, 0.3) is 0 Å². The third-order valence-corrected chi connectivity index (χ3v) is 3.53. The Labute approximate surface area is 159 Å². The Hall–Kier alpha value is -3.26. The molecule has 1 heterocycles. The number of ketones is 1. The van der Waals surface area contributed by atoms with E-state index in [4.69, 9.17) is 16.3 Å². The van der Waals surface area contributed by atoms with E-state index in [9.17, 15) is 19.2 Å². The molecule has 0 fully saturated rings. The molecule has 2 N–H and O–H groups in total. The van der Waals surface area contributed by atoms with Crippen molar-refractivity contribution >= 4 is 40.9 Å². The van der Waals surface area contributed by atoms with Gasteiger partial charge in [0.2, 0.25) is 0 Å². The average molecular weight is 390 g/mol. The highest BCUT2D eigenvalue weighted by Crippen LogP contribution is 2.15. The fraction of sp³-hybridized carbons (Fsp3) is 0.167. The molecule has 0 aliphatic heterocycles. The van der Waals surface area contributed by atoms with E-state index in [2.05, 4.69) is 15.6 Å². The standard InChI is InChI=1S/C18H16ClN3O5/c1-11(23)13-4-2-3-5-14(13)22-16(24)10-27-17(25)9-21-18(26)15-8-12(19)6-7-20-15/h2-8H,9-10H2,1H3,(H,21,26)(H,22,24). The lowest BCUT2D eigenvalue weighted by Gasteiger charge is -2.10. The second-order valence-electron chi connectivity index (χ2n) is 5.35. The first-order valence-corrected chi connectivity index (χ1v) is 8.20. The van der Waals surface area contributed by atoms with Crippen molar-refractivity contribution in [1.82, 2.24) is 10.3 Å². The van der Waals surface area contributed by atoms with Crippen LogP contribution in [0.2, 0.25) is 5.02 Å². The topological polar surface area (TPSA) is 114 Å². The highest BCUT2D eigenvalue weighted by Gasteiger charge is 2.13. The second kappa shape index (κ2) is 9.44. The lowest BCUT2D eigenvalue weighted by molar-refractivity contribution is -0.146. The third kappa shape index (κ3) is 6.19. The van der Waals surface area contributed by atoms with Crippen molar-refractivity contribution in [3.8, 4) is 0 Å². The number of ether oxygens (including phenoxy) is 1. The molecule has 0 bridgehead atoms. The number of esters is 1.